The standard InChI is InChI=1S/C75H93N9O19S/c1-38(2)59(79-53(87)19-12-11-13-28-84-54(88)24-25-55(84)89)49(85)34-46(18-15-27-77-73(76)98)72(97)78-47-22-20-45(21-23-47)37-101-74(99)83-31-29-82(30-32-83)48-35-50(86)60-52(36-48)104-69-61(80-60)56-57-66(93)44(8)68-58(56)70(95)75(9,103-68)102-33-26-51(100-10)41(5)64(91)43(7)65(92)42(6)63(90)39(3)16-14-17-40(4)71(96)81-62(69)67(57)94/h14,16-17,20-26,33,35-36,38-39,41-43,46,51,59,63-65,90-93,95H,11-13,15,18-19,27-32,34,37H2,1-10H3,(H,78,97)(H,79,87)(H,81,96)(H3,76,77,98)/b16-14+,33-26+,40-17-/t39-,41+,42+,43-,46+,51-,59-,63-,64+,65+,75-/m0/s1. The van der Waals surface area contributed by atoms with Crippen LogP contribution in [0.3, 0.4) is 0 Å². The number of aromatic hydroxyl groups is 1. The SMILES string of the molecule is CO[C@H]1/C=C/O[C@@]2(C)Oc3c(C)c(O)c4c(=O)c(c5sc6cc(N7CCN(C(=O)OCc8ccc(NC(=O)[C@H](CCCNC(N)=O)CC(=O)[C@@H](NC(=O)CCCCCN9C(=O)C=CC9=O)C(C)C)cc8)CC7)cc(=O)c6nc5c4c3=C2O)NC(=O)/C(C)=C\C=C\[C@H](C)[C@H](O)[C@@H](C)[C@@H](O)[C@@H](C)[C@H](O)[C@@H]1C. The third kappa shape index (κ3) is 17.5. The summed E-state index contributed by atoms with van der Waals surface area (Å²) in [5.74, 6) is -9.68. The minimum absolute atomic E-state index is 0.0326. The largest absolute Gasteiger partial charge is 0.507 e. The quantitative estimate of drug-likeness (QED) is 0.0162. The fourth-order valence-electron chi connectivity index (χ4n) is 13.5. The lowest BCUT2D eigenvalue weighted by atomic mass is 9.78. The second-order valence-corrected chi connectivity index (χ2v) is 28.8. The van der Waals surface area contributed by atoms with Crippen LogP contribution in [0.5, 0.6) is 11.5 Å². The molecule has 5 aromatic rings. The van der Waals surface area contributed by atoms with E-state index in [2.05, 4.69) is 21.3 Å². The van der Waals surface area contributed by atoms with Gasteiger partial charge in [-0.3, -0.25) is 43.3 Å². The van der Waals surface area contributed by atoms with Gasteiger partial charge in [0.15, 0.2) is 11.5 Å². The number of urea groups is 1. The number of aromatic nitrogens is 1. The predicted molar refractivity (Wildman–Crippen MR) is 391 cm³/mol. The number of anilines is 3. The highest BCUT2D eigenvalue weighted by atomic mass is 32.1. The molecule has 0 aliphatic carbocycles. The van der Waals surface area contributed by atoms with Gasteiger partial charge in [0.2, 0.25) is 22.7 Å². The number of nitrogens with one attached hydrogen (secondary N) is 4. The number of phenolic OH excluding ortho intramolecular Hbond substituents is 1. The zero-order valence-corrected chi connectivity index (χ0v) is 60.8. The van der Waals surface area contributed by atoms with Gasteiger partial charge >= 0.3 is 17.9 Å². The van der Waals surface area contributed by atoms with Crippen molar-refractivity contribution in [3.8, 4) is 11.5 Å². The van der Waals surface area contributed by atoms with Crippen LogP contribution in [0, 0.1) is 42.4 Å². The van der Waals surface area contributed by atoms with Crippen LogP contribution in [0.25, 0.3) is 37.0 Å². The van der Waals surface area contributed by atoms with Crippen molar-refractivity contribution < 1.29 is 82.8 Å². The fourth-order valence-corrected chi connectivity index (χ4v) is 14.6. The molecule has 11 N–H and O–H groups in total. The van der Waals surface area contributed by atoms with Gasteiger partial charge < -0.3 is 81.3 Å². The summed E-state index contributed by atoms with van der Waals surface area (Å²) in [7, 11) is 1.43. The lowest BCUT2D eigenvalue weighted by Gasteiger charge is -2.36. The normalized spacial score (nSPS) is 24.2. The van der Waals surface area contributed by atoms with E-state index in [-0.39, 0.29) is 149 Å². The minimum Gasteiger partial charge on any atom is -0.507 e. The van der Waals surface area contributed by atoms with Gasteiger partial charge in [-0.25, -0.2) is 14.6 Å². The average molecular weight is 1460 g/mol. The molecule has 0 spiro atoms. The van der Waals surface area contributed by atoms with Crippen LogP contribution in [0.4, 0.5) is 26.7 Å². The summed E-state index contributed by atoms with van der Waals surface area (Å²) in [6.07, 6.45) is 6.94. The van der Waals surface area contributed by atoms with Crippen LogP contribution in [0.2, 0.25) is 0 Å². The van der Waals surface area contributed by atoms with E-state index in [1.165, 1.54) is 69.4 Å². The molecule has 558 valence electrons. The third-order valence-electron chi connectivity index (χ3n) is 20.0. The molecule has 28 nitrogen and oxygen atoms in total. The van der Waals surface area contributed by atoms with Crippen LogP contribution >= 0.6 is 11.3 Å². The number of methoxy groups -OCH3 is 1. The summed E-state index contributed by atoms with van der Waals surface area (Å²) in [6.45, 7) is 15.9. The van der Waals surface area contributed by atoms with Crippen LogP contribution < -0.4 is 52.7 Å². The second kappa shape index (κ2) is 33.8. The molecule has 1 fully saturated rings. The van der Waals surface area contributed by atoms with Crippen molar-refractivity contribution in [2.24, 2.45) is 41.2 Å². The molecule has 4 aliphatic rings. The minimum atomic E-state index is -2.01. The van der Waals surface area contributed by atoms with Crippen LogP contribution in [0.15, 0.2) is 94.3 Å². The van der Waals surface area contributed by atoms with Crippen LogP contribution in [-0.4, -0.2) is 170 Å². The number of amides is 8. The van der Waals surface area contributed by atoms with E-state index < -0.39 is 112 Å². The van der Waals surface area contributed by atoms with E-state index in [9.17, 15) is 68.7 Å². The van der Waals surface area contributed by atoms with E-state index >= 15 is 4.79 Å². The molecule has 1 saturated heterocycles. The number of phenols is 1. The Morgan fingerprint density at radius 1 is 0.846 bits per heavy atom. The predicted octanol–water partition coefficient (Wildman–Crippen LogP) is 6.51. The van der Waals surface area contributed by atoms with Crippen molar-refractivity contribution in [2.75, 3.05) is 61.9 Å². The van der Waals surface area contributed by atoms with E-state index in [1.54, 1.807) is 84.0 Å². The molecule has 29 heteroatoms. The number of allylic oxidation sites excluding steroid dienone is 2. The molecule has 0 saturated carbocycles. The molecule has 11 atom stereocenters. The zero-order valence-electron chi connectivity index (χ0n) is 60.0. The van der Waals surface area contributed by atoms with Gasteiger partial charge in [-0.2, -0.15) is 0 Å². The summed E-state index contributed by atoms with van der Waals surface area (Å²) >= 11 is 0.964. The molecule has 8 amide bonds. The Bertz CT molecular complexity index is 4440. The van der Waals surface area contributed by atoms with Crippen LogP contribution in [0.1, 0.15) is 111 Å². The molecule has 0 unspecified atom stereocenters. The zero-order chi connectivity index (χ0) is 75.8. The van der Waals surface area contributed by atoms with Crippen molar-refractivity contribution in [3.63, 3.8) is 0 Å². The number of nitrogens with zero attached hydrogens (tertiary/aromatic N) is 4. The number of Topliss-reactive ketones (excluding diaryl/α,β-unsaturated/α-hetero) is 1. The highest BCUT2D eigenvalue weighted by Gasteiger charge is 2.44. The van der Waals surface area contributed by atoms with Gasteiger partial charge in [-0.05, 0) is 75.3 Å². The first kappa shape index (κ1) is 78.3. The Hall–Kier alpha value is -9.81. The number of primary amides is 1. The number of aliphatic hydroxyl groups is 4. The summed E-state index contributed by atoms with van der Waals surface area (Å²) in [4.78, 5) is 143. The summed E-state index contributed by atoms with van der Waals surface area (Å²) in [5.41, 5.74) is 5.09. The molecule has 9 rings (SSSR count). The number of carbonyl (C=O) groups is 8. The summed E-state index contributed by atoms with van der Waals surface area (Å²) < 4.78 is 24.3. The molecule has 5 heterocycles. The van der Waals surface area contributed by atoms with Gasteiger partial charge in [0.25, 0.3) is 17.7 Å². The summed E-state index contributed by atoms with van der Waals surface area (Å²) in [5, 5.41) is 69.2. The number of nitrogens with two attached hydrogens (primary N) is 1. The van der Waals surface area contributed by atoms with Crippen molar-refractivity contribution in [2.45, 2.75) is 150 Å². The number of rotatable bonds is 21. The van der Waals surface area contributed by atoms with E-state index in [0.29, 0.717) is 47.3 Å². The molecule has 0 radical (unpaired) electrons. The lowest BCUT2D eigenvalue weighted by Crippen LogP contribution is -2.49. The highest BCUT2D eigenvalue weighted by molar-refractivity contribution is 7.25. The van der Waals surface area contributed by atoms with Gasteiger partial charge in [0, 0.05) is 142 Å². The Kier molecular flexibility index (Phi) is 25.4. The van der Waals surface area contributed by atoms with Gasteiger partial charge in [0.05, 0.1) is 62.2 Å². The molecule has 104 heavy (non-hydrogen) atoms. The van der Waals surface area contributed by atoms with Crippen LogP contribution in [-0.2, 0) is 49.6 Å². The highest BCUT2D eigenvalue weighted by Crippen LogP contribution is 2.44. The third-order valence-corrected chi connectivity index (χ3v) is 21.1. The van der Waals surface area contributed by atoms with E-state index in [1.807, 2.05) is 4.90 Å². The summed E-state index contributed by atoms with van der Waals surface area (Å²) in [6, 6.07) is 8.03. The number of unbranched alkanes of at least 4 members (excludes halogenated alkanes) is 2. The molecular weight excluding hydrogens is 1360 g/mol. The number of ether oxygens (including phenoxy) is 4. The Labute approximate surface area is 604 Å². The maximum absolute atomic E-state index is 15.2. The van der Waals surface area contributed by atoms with Crippen molar-refractivity contribution >= 4 is 113 Å². The van der Waals surface area contributed by atoms with Gasteiger partial charge in [-0.1, -0.05) is 78.3 Å². The number of aliphatic hydroxyl groups excluding tert-OH is 4. The second-order valence-electron chi connectivity index (χ2n) is 27.7. The number of piperazine rings is 1. The van der Waals surface area contributed by atoms with Gasteiger partial charge in [-0.15, -0.1) is 11.3 Å². The number of imide groups is 1. The Morgan fingerprint density at radius 2 is 1.52 bits per heavy atom. The van der Waals surface area contributed by atoms with Gasteiger partial charge in [0.1, 0.15) is 29.3 Å². The molecule has 4 aliphatic heterocycles. The maximum atomic E-state index is 15.2. The first-order chi connectivity index (χ1) is 49.3. The number of carbonyl (C=O) groups excluding carboxylic acids is 8. The van der Waals surface area contributed by atoms with Crippen molar-refractivity contribution in [1.82, 2.24) is 25.4 Å². The number of ketones is 1. The fraction of sp³-hybridized carbons (Fsp3) is 0.480. The topological polar surface area (TPSA) is 406 Å². The Balaban J connectivity index is 0.900. The number of benzene rings is 4. The first-order valence-corrected chi connectivity index (χ1v) is 35.8. The number of fused-ring (bicyclic) bond motifs is 2. The van der Waals surface area contributed by atoms with E-state index in [4.69, 9.17) is 29.7 Å². The van der Waals surface area contributed by atoms with E-state index in [0.717, 1.165) is 16.2 Å². The molecule has 4 bridgehead atoms. The van der Waals surface area contributed by atoms with Crippen molar-refractivity contribution in [3.05, 3.63) is 121 Å². The molecular formula is C75H93N9O19S. The molecule has 1 aromatic heterocycles. The number of hydrogen-bond acceptors (Lipinski definition) is 22. The smallest absolute Gasteiger partial charge is 0.410 e. The first-order valence-electron chi connectivity index (χ1n) is 34.9. The maximum Gasteiger partial charge on any atom is 0.410 e. The van der Waals surface area contributed by atoms with Crippen molar-refractivity contribution in [1.29, 1.82) is 0 Å². The average Bonchev–Trinajstić information content (AvgIpc) is 1.38. The monoisotopic (exact) mass is 1460 g/mol. The molecule has 4 aromatic carbocycles. The lowest BCUT2D eigenvalue weighted by molar-refractivity contribution is -0.137. The Morgan fingerprint density at radius 3 is 2.18 bits per heavy atom. The number of hydrogen-bond donors (Lipinski definition) is 10.